The van der Waals surface area contributed by atoms with Crippen LogP contribution in [0.5, 0.6) is 0 Å². The zero-order valence-electron chi connectivity index (χ0n) is 11.6. The minimum Gasteiger partial charge on any atom is -0.384 e. The molecule has 1 heteroatoms. The van der Waals surface area contributed by atoms with Crippen LogP contribution in [0, 0.1) is 10.8 Å². The molecule has 1 aliphatic carbocycles. The van der Waals surface area contributed by atoms with Gasteiger partial charge in [0.05, 0.1) is 6.10 Å². The Kier molecular flexibility index (Phi) is 3.69. The summed E-state index contributed by atoms with van der Waals surface area (Å²) in [5.41, 5.74) is 2.71. The molecule has 0 aliphatic heterocycles. The van der Waals surface area contributed by atoms with Crippen molar-refractivity contribution in [1.82, 2.24) is 0 Å². The number of hydrogen-bond donors (Lipinski definition) is 1. The van der Waals surface area contributed by atoms with E-state index in [0.29, 0.717) is 0 Å². The molecule has 0 unspecified atom stereocenters. The molecule has 0 saturated heterocycles. The van der Waals surface area contributed by atoms with Gasteiger partial charge in [-0.05, 0) is 34.8 Å². The fraction of sp³-hybridized carbons (Fsp3) is 0.733. The lowest BCUT2D eigenvalue weighted by Gasteiger charge is -2.18. The van der Waals surface area contributed by atoms with Gasteiger partial charge in [0, 0.05) is 0 Å². The van der Waals surface area contributed by atoms with E-state index >= 15 is 0 Å². The Morgan fingerprint density at radius 2 is 1.19 bits per heavy atom. The first-order valence-electron chi connectivity index (χ1n) is 6.20. The standard InChI is InChI=1S/C15H26O/c1-14(2,3)9-11-7-8-12(13(11)16)10-15(4,5)6/h9-10,13,16H,7-8H2,1-6H3. The summed E-state index contributed by atoms with van der Waals surface area (Å²) in [6, 6.07) is 0. The smallest absolute Gasteiger partial charge is 0.0961 e. The third kappa shape index (κ3) is 4.13. The molecule has 1 rings (SSSR count). The van der Waals surface area contributed by atoms with Crippen molar-refractivity contribution >= 4 is 0 Å². The predicted molar refractivity (Wildman–Crippen MR) is 70.3 cm³/mol. The first kappa shape index (κ1) is 13.5. The van der Waals surface area contributed by atoms with Gasteiger partial charge in [0.25, 0.3) is 0 Å². The van der Waals surface area contributed by atoms with Gasteiger partial charge in [-0.3, -0.25) is 0 Å². The Morgan fingerprint density at radius 3 is 1.44 bits per heavy atom. The lowest BCUT2D eigenvalue weighted by Crippen LogP contribution is -2.11. The van der Waals surface area contributed by atoms with Crippen LogP contribution in [0.4, 0.5) is 0 Å². The van der Waals surface area contributed by atoms with Crippen LogP contribution in [0.2, 0.25) is 0 Å². The highest BCUT2D eigenvalue weighted by Crippen LogP contribution is 2.35. The monoisotopic (exact) mass is 222 g/mol. The maximum absolute atomic E-state index is 10.2. The molecule has 0 atom stereocenters. The van der Waals surface area contributed by atoms with Gasteiger partial charge in [-0.25, -0.2) is 0 Å². The number of rotatable bonds is 0. The largest absolute Gasteiger partial charge is 0.384 e. The average molecular weight is 222 g/mol. The molecular formula is C15H26O. The van der Waals surface area contributed by atoms with Crippen LogP contribution in [0.15, 0.2) is 23.3 Å². The molecule has 1 fully saturated rings. The van der Waals surface area contributed by atoms with E-state index in [1.807, 2.05) is 0 Å². The summed E-state index contributed by atoms with van der Waals surface area (Å²) in [4.78, 5) is 0. The Balaban J connectivity index is 2.88. The molecule has 1 aliphatic rings. The minimum absolute atomic E-state index is 0.160. The summed E-state index contributed by atoms with van der Waals surface area (Å²) >= 11 is 0. The maximum Gasteiger partial charge on any atom is 0.0961 e. The molecule has 0 heterocycles. The Bertz CT molecular complexity index is 275. The van der Waals surface area contributed by atoms with E-state index in [1.54, 1.807) is 0 Å². The fourth-order valence-corrected chi connectivity index (χ4v) is 2.21. The van der Waals surface area contributed by atoms with Gasteiger partial charge >= 0.3 is 0 Å². The van der Waals surface area contributed by atoms with Crippen molar-refractivity contribution in [2.45, 2.75) is 60.5 Å². The van der Waals surface area contributed by atoms with Crippen molar-refractivity contribution in [1.29, 1.82) is 0 Å². The van der Waals surface area contributed by atoms with Gasteiger partial charge in [0.2, 0.25) is 0 Å². The van der Waals surface area contributed by atoms with Gasteiger partial charge in [-0.1, -0.05) is 53.7 Å². The average Bonchev–Trinajstić information content (AvgIpc) is 2.30. The van der Waals surface area contributed by atoms with E-state index in [-0.39, 0.29) is 16.9 Å². The molecule has 1 saturated carbocycles. The topological polar surface area (TPSA) is 20.2 Å². The lowest BCUT2D eigenvalue weighted by atomic mass is 9.90. The van der Waals surface area contributed by atoms with Crippen LogP contribution in [0.25, 0.3) is 0 Å². The van der Waals surface area contributed by atoms with E-state index in [2.05, 4.69) is 53.7 Å². The molecule has 0 radical (unpaired) electrons. The molecule has 1 nitrogen and oxygen atoms in total. The summed E-state index contributed by atoms with van der Waals surface area (Å²) in [6.45, 7) is 13.1. The predicted octanol–water partition coefficient (Wildman–Crippen LogP) is 4.09. The van der Waals surface area contributed by atoms with Crippen molar-refractivity contribution in [2.24, 2.45) is 10.8 Å². The zero-order valence-corrected chi connectivity index (χ0v) is 11.6. The van der Waals surface area contributed by atoms with E-state index in [9.17, 15) is 5.11 Å². The van der Waals surface area contributed by atoms with Gasteiger partial charge < -0.3 is 5.11 Å². The summed E-state index contributed by atoms with van der Waals surface area (Å²) < 4.78 is 0. The van der Waals surface area contributed by atoms with Crippen molar-refractivity contribution in [2.75, 3.05) is 0 Å². The molecule has 0 spiro atoms. The molecule has 1 N–H and O–H groups in total. The molecule has 0 aromatic heterocycles. The summed E-state index contributed by atoms with van der Waals surface area (Å²) in [7, 11) is 0. The second kappa shape index (κ2) is 4.37. The van der Waals surface area contributed by atoms with E-state index in [1.165, 1.54) is 11.1 Å². The van der Waals surface area contributed by atoms with Gasteiger partial charge in [-0.15, -0.1) is 0 Å². The number of aliphatic hydroxyl groups excluding tert-OH is 1. The minimum atomic E-state index is -0.335. The normalized spacial score (nSPS) is 28.1. The second-order valence-corrected chi connectivity index (χ2v) is 7.07. The fourth-order valence-electron chi connectivity index (χ4n) is 2.21. The number of aliphatic hydroxyl groups is 1. The van der Waals surface area contributed by atoms with Gasteiger partial charge in [0.1, 0.15) is 0 Å². The summed E-state index contributed by atoms with van der Waals surface area (Å²) in [5.74, 6) is 0. The quantitative estimate of drug-likeness (QED) is 0.612. The lowest BCUT2D eigenvalue weighted by molar-refractivity contribution is 0.251. The van der Waals surface area contributed by atoms with E-state index in [4.69, 9.17) is 0 Å². The third-order valence-electron chi connectivity index (χ3n) is 2.64. The van der Waals surface area contributed by atoms with Crippen LogP contribution in [0.1, 0.15) is 54.4 Å². The Morgan fingerprint density at radius 1 is 0.875 bits per heavy atom. The second-order valence-electron chi connectivity index (χ2n) is 7.07. The SMILES string of the molecule is CC(C)(C)C=C1CCC(=CC(C)(C)C)C1O. The highest BCUT2D eigenvalue weighted by molar-refractivity contribution is 5.32. The third-order valence-corrected chi connectivity index (χ3v) is 2.64. The van der Waals surface area contributed by atoms with Gasteiger partial charge in [-0.2, -0.15) is 0 Å². The molecule has 0 aromatic carbocycles. The molecule has 92 valence electrons. The first-order chi connectivity index (χ1) is 7.08. The summed E-state index contributed by atoms with van der Waals surface area (Å²) in [6.07, 6.45) is 6.14. The van der Waals surface area contributed by atoms with Crippen LogP contribution in [-0.4, -0.2) is 11.2 Å². The van der Waals surface area contributed by atoms with E-state index in [0.717, 1.165) is 12.8 Å². The van der Waals surface area contributed by atoms with E-state index < -0.39 is 0 Å². The van der Waals surface area contributed by atoms with Crippen molar-refractivity contribution in [3.63, 3.8) is 0 Å². The van der Waals surface area contributed by atoms with Crippen LogP contribution < -0.4 is 0 Å². The van der Waals surface area contributed by atoms with Crippen molar-refractivity contribution < 1.29 is 5.11 Å². The molecular weight excluding hydrogens is 196 g/mol. The number of allylic oxidation sites excluding steroid dienone is 2. The molecule has 16 heavy (non-hydrogen) atoms. The van der Waals surface area contributed by atoms with Crippen molar-refractivity contribution in [3.05, 3.63) is 23.3 Å². The highest BCUT2D eigenvalue weighted by atomic mass is 16.3. The Labute approximate surface area is 100 Å². The van der Waals surface area contributed by atoms with Crippen LogP contribution >= 0.6 is 0 Å². The Hall–Kier alpha value is -0.560. The van der Waals surface area contributed by atoms with Crippen molar-refractivity contribution in [3.8, 4) is 0 Å². The molecule has 0 amide bonds. The maximum atomic E-state index is 10.2. The van der Waals surface area contributed by atoms with Crippen LogP contribution in [0.3, 0.4) is 0 Å². The summed E-state index contributed by atoms with van der Waals surface area (Å²) in [5, 5.41) is 10.2. The molecule has 0 aromatic rings. The highest BCUT2D eigenvalue weighted by Gasteiger charge is 2.26. The number of hydrogen-bond acceptors (Lipinski definition) is 1. The zero-order chi connectivity index (χ0) is 12.6. The van der Waals surface area contributed by atoms with Crippen LogP contribution in [-0.2, 0) is 0 Å². The first-order valence-corrected chi connectivity index (χ1v) is 6.20. The van der Waals surface area contributed by atoms with Gasteiger partial charge in [0.15, 0.2) is 0 Å². The molecule has 0 bridgehead atoms.